The van der Waals surface area contributed by atoms with Crippen molar-refractivity contribution in [2.24, 2.45) is 11.5 Å². The number of H-pyrrole nitrogens is 1. The highest BCUT2D eigenvalue weighted by Crippen LogP contribution is 2.19. The van der Waals surface area contributed by atoms with Crippen molar-refractivity contribution in [1.82, 2.24) is 20.9 Å². The van der Waals surface area contributed by atoms with Gasteiger partial charge in [0.1, 0.15) is 12.1 Å². The number of aliphatic carboxylic acids is 1. The molecule has 3 atom stereocenters. The Morgan fingerprint density at radius 2 is 1.82 bits per heavy atom. The van der Waals surface area contributed by atoms with E-state index in [-0.39, 0.29) is 6.42 Å². The first-order valence-electron chi connectivity index (χ1n) is 10.8. The number of para-hydroxylation sites is 1. The predicted molar refractivity (Wildman–Crippen MR) is 123 cm³/mol. The van der Waals surface area contributed by atoms with Gasteiger partial charge in [0.25, 0.3) is 0 Å². The number of unbranched alkanes of at least 4 members (excludes halogenated alkanes) is 1. The van der Waals surface area contributed by atoms with Crippen molar-refractivity contribution < 1.29 is 24.3 Å². The van der Waals surface area contributed by atoms with E-state index in [0.717, 1.165) is 22.9 Å². The molecule has 0 aliphatic rings. The zero-order valence-electron chi connectivity index (χ0n) is 18.6. The number of hydrogen-bond acceptors (Lipinski definition) is 6. The van der Waals surface area contributed by atoms with Crippen LogP contribution >= 0.6 is 0 Å². The Morgan fingerprint density at radius 1 is 1.09 bits per heavy atom. The number of carboxylic acid groups (broad SMARTS) is 1. The van der Waals surface area contributed by atoms with Crippen LogP contribution in [0.1, 0.15) is 31.7 Å². The number of carboxylic acids is 1. The van der Waals surface area contributed by atoms with Gasteiger partial charge >= 0.3 is 5.97 Å². The number of nitrogens with two attached hydrogens (primary N) is 2. The molecule has 11 heteroatoms. The minimum Gasteiger partial charge on any atom is -0.480 e. The van der Waals surface area contributed by atoms with Crippen LogP contribution in [0.15, 0.2) is 30.5 Å². The predicted octanol–water partition coefficient (Wildman–Crippen LogP) is -0.643. The van der Waals surface area contributed by atoms with Gasteiger partial charge in [-0.15, -0.1) is 0 Å². The van der Waals surface area contributed by atoms with Gasteiger partial charge < -0.3 is 37.5 Å². The molecule has 33 heavy (non-hydrogen) atoms. The van der Waals surface area contributed by atoms with Gasteiger partial charge in [0, 0.05) is 23.5 Å². The number of rotatable bonds is 13. The van der Waals surface area contributed by atoms with Crippen LogP contribution in [0.4, 0.5) is 0 Å². The van der Waals surface area contributed by atoms with E-state index in [1.807, 2.05) is 24.3 Å². The van der Waals surface area contributed by atoms with Gasteiger partial charge in [-0.2, -0.15) is 0 Å². The molecule has 3 unspecified atom stereocenters. The molecular weight excluding hydrogens is 428 g/mol. The number of fused-ring (bicyclic) bond motifs is 1. The van der Waals surface area contributed by atoms with E-state index in [1.54, 1.807) is 6.20 Å². The van der Waals surface area contributed by atoms with Crippen LogP contribution in [0, 0.1) is 0 Å². The molecule has 0 saturated carbocycles. The lowest BCUT2D eigenvalue weighted by Gasteiger charge is -2.18. The number of hydrogen-bond donors (Lipinski definition) is 7. The van der Waals surface area contributed by atoms with Gasteiger partial charge in [-0.3, -0.25) is 14.4 Å². The van der Waals surface area contributed by atoms with E-state index >= 15 is 0 Å². The molecule has 0 fully saturated rings. The highest BCUT2D eigenvalue weighted by atomic mass is 16.4. The summed E-state index contributed by atoms with van der Waals surface area (Å²) in [6, 6.07) is 4.61. The minimum atomic E-state index is -1.19. The molecule has 2 aromatic rings. The number of nitrogens with one attached hydrogen (secondary N) is 4. The second kappa shape index (κ2) is 12.6. The highest BCUT2D eigenvalue weighted by Gasteiger charge is 2.23. The Balaban J connectivity index is 1.82. The molecule has 0 saturated heterocycles. The Morgan fingerprint density at radius 3 is 2.52 bits per heavy atom. The molecule has 11 nitrogen and oxygen atoms in total. The first kappa shape index (κ1) is 25.8. The lowest BCUT2D eigenvalue weighted by atomic mass is 10.0. The van der Waals surface area contributed by atoms with Crippen molar-refractivity contribution in [3.05, 3.63) is 36.0 Å². The van der Waals surface area contributed by atoms with Crippen molar-refractivity contribution in [2.45, 2.75) is 50.7 Å². The molecule has 1 heterocycles. The van der Waals surface area contributed by atoms with Crippen LogP contribution in [0.25, 0.3) is 10.9 Å². The number of aromatic amines is 1. The summed E-state index contributed by atoms with van der Waals surface area (Å²) < 4.78 is 0. The summed E-state index contributed by atoms with van der Waals surface area (Å²) in [6.45, 7) is 1.55. The Bertz CT molecular complexity index is 975. The second-order valence-electron chi connectivity index (χ2n) is 7.86. The quantitative estimate of drug-likeness (QED) is 0.193. The lowest BCUT2D eigenvalue weighted by molar-refractivity contribution is -0.141. The van der Waals surface area contributed by atoms with E-state index in [4.69, 9.17) is 11.5 Å². The molecule has 0 radical (unpaired) electrons. The van der Waals surface area contributed by atoms with E-state index in [0.29, 0.717) is 19.4 Å². The first-order chi connectivity index (χ1) is 15.7. The summed E-state index contributed by atoms with van der Waals surface area (Å²) in [4.78, 5) is 51.2. The SMILES string of the molecule is CC(NC(=O)C(N)CCCCN)C(=O)NCC(=O)NC(Cc1c[nH]c2ccccc12)C(=O)O. The van der Waals surface area contributed by atoms with Crippen LogP contribution in [0.2, 0.25) is 0 Å². The summed E-state index contributed by atoms with van der Waals surface area (Å²) in [5, 5.41) is 17.7. The van der Waals surface area contributed by atoms with Crippen LogP contribution in [0.5, 0.6) is 0 Å². The topological polar surface area (TPSA) is 192 Å². The monoisotopic (exact) mass is 460 g/mol. The van der Waals surface area contributed by atoms with Gasteiger partial charge in [0.05, 0.1) is 12.6 Å². The first-order valence-corrected chi connectivity index (χ1v) is 10.8. The number of amides is 3. The number of benzene rings is 1. The normalized spacial score (nSPS) is 13.7. The maximum atomic E-state index is 12.2. The number of carbonyl (C=O) groups is 4. The minimum absolute atomic E-state index is 0.0769. The second-order valence-corrected chi connectivity index (χ2v) is 7.86. The highest BCUT2D eigenvalue weighted by molar-refractivity contribution is 5.92. The maximum Gasteiger partial charge on any atom is 0.326 e. The maximum absolute atomic E-state index is 12.2. The molecule has 0 spiro atoms. The summed E-state index contributed by atoms with van der Waals surface area (Å²) >= 11 is 0. The van der Waals surface area contributed by atoms with Crippen molar-refractivity contribution in [2.75, 3.05) is 13.1 Å². The van der Waals surface area contributed by atoms with Gasteiger partial charge in [0.2, 0.25) is 17.7 Å². The van der Waals surface area contributed by atoms with Crippen LogP contribution < -0.4 is 27.4 Å². The molecule has 3 amide bonds. The third kappa shape index (κ3) is 7.88. The number of aromatic nitrogens is 1. The fourth-order valence-corrected chi connectivity index (χ4v) is 3.31. The molecule has 0 aliphatic carbocycles. The van der Waals surface area contributed by atoms with Crippen molar-refractivity contribution >= 4 is 34.6 Å². The lowest BCUT2D eigenvalue weighted by Crippen LogP contribution is -2.52. The molecule has 1 aromatic carbocycles. The molecule has 0 bridgehead atoms. The zero-order valence-corrected chi connectivity index (χ0v) is 18.6. The van der Waals surface area contributed by atoms with E-state index in [2.05, 4.69) is 20.9 Å². The molecular formula is C22H32N6O5. The molecule has 180 valence electrons. The van der Waals surface area contributed by atoms with Gasteiger partial charge in [0.15, 0.2) is 0 Å². The third-order valence-electron chi connectivity index (χ3n) is 5.21. The summed E-state index contributed by atoms with van der Waals surface area (Å²) in [5.74, 6) is -2.91. The molecule has 1 aromatic heterocycles. The molecule has 9 N–H and O–H groups in total. The van der Waals surface area contributed by atoms with Gasteiger partial charge in [-0.25, -0.2) is 4.79 Å². The largest absolute Gasteiger partial charge is 0.480 e. The van der Waals surface area contributed by atoms with Crippen LogP contribution in [0.3, 0.4) is 0 Å². The Labute approximate surface area is 191 Å². The standard InChI is InChI=1S/C22H32N6O5/c1-13(27-21(31)16(24)7-4-5-9-23)20(30)26-12-19(29)28-18(22(32)33)10-14-11-25-17-8-3-2-6-15(14)17/h2-3,6,8,11,13,16,18,25H,4-5,7,9-10,12,23-24H2,1H3,(H,26,30)(H,27,31)(H,28,29)(H,32,33). The fourth-order valence-electron chi connectivity index (χ4n) is 3.31. The Kier molecular flexibility index (Phi) is 9.83. The number of carbonyl (C=O) groups excluding carboxylic acids is 3. The van der Waals surface area contributed by atoms with Crippen LogP contribution in [-0.4, -0.2) is 65.0 Å². The van der Waals surface area contributed by atoms with Gasteiger partial charge in [-0.1, -0.05) is 24.6 Å². The van der Waals surface area contributed by atoms with E-state index in [9.17, 15) is 24.3 Å². The van der Waals surface area contributed by atoms with E-state index < -0.39 is 48.4 Å². The smallest absolute Gasteiger partial charge is 0.326 e. The van der Waals surface area contributed by atoms with Crippen molar-refractivity contribution in [3.63, 3.8) is 0 Å². The van der Waals surface area contributed by atoms with E-state index in [1.165, 1.54) is 6.92 Å². The zero-order chi connectivity index (χ0) is 24.4. The molecule has 2 rings (SSSR count). The average molecular weight is 461 g/mol. The van der Waals surface area contributed by atoms with Gasteiger partial charge in [-0.05, 0) is 37.9 Å². The average Bonchev–Trinajstić information content (AvgIpc) is 3.19. The third-order valence-corrected chi connectivity index (χ3v) is 5.21. The van der Waals surface area contributed by atoms with Crippen molar-refractivity contribution in [1.29, 1.82) is 0 Å². The summed E-state index contributed by atoms with van der Waals surface area (Å²) in [6.07, 6.45) is 3.69. The fraction of sp³-hybridized carbons (Fsp3) is 0.455. The van der Waals surface area contributed by atoms with Crippen LogP contribution in [-0.2, 0) is 25.6 Å². The summed E-state index contributed by atoms with van der Waals surface area (Å²) in [5.41, 5.74) is 12.8. The van der Waals surface area contributed by atoms with Crippen molar-refractivity contribution in [3.8, 4) is 0 Å². The molecule has 0 aliphatic heterocycles. The Hall–Kier alpha value is -3.44. The summed E-state index contributed by atoms with van der Waals surface area (Å²) in [7, 11) is 0.